The van der Waals surface area contributed by atoms with E-state index in [1.165, 1.54) is 5.56 Å². The number of halogens is 1. The minimum Gasteiger partial charge on any atom is -0.493 e. The Morgan fingerprint density at radius 3 is 3.10 bits per heavy atom. The van der Waals surface area contributed by atoms with E-state index in [1.807, 2.05) is 12.1 Å². The van der Waals surface area contributed by atoms with Gasteiger partial charge in [-0.25, -0.2) is 0 Å². The summed E-state index contributed by atoms with van der Waals surface area (Å²) in [5.41, 5.74) is 2.30. The first-order chi connectivity index (χ1) is 9.72. The van der Waals surface area contributed by atoms with Crippen LogP contribution in [0.25, 0.3) is 0 Å². The SMILES string of the molecule is Cc1nc(CCNCc2cc(Cl)cc3c2OCC3)no1. The van der Waals surface area contributed by atoms with Gasteiger partial charge in [-0.2, -0.15) is 4.98 Å². The van der Waals surface area contributed by atoms with Crippen molar-refractivity contribution in [3.8, 4) is 5.75 Å². The number of fused-ring (bicyclic) bond motifs is 1. The van der Waals surface area contributed by atoms with Crippen LogP contribution in [0.5, 0.6) is 5.75 Å². The van der Waals surface area contributed by atoms with Crippen molar-refractivity contribution in [1.82, 2.24) is 15.5 Å². The Kier molecular flexibility index (Phi) is 3.89. The third kappa shape index (κ3) is 2.94. The van der Waals surface area contributed by atoms with Crippen LogP contribution in [0.1, 0.15) is 22.8 Å². The monoisotopic (exact) mass is 293 g/mol. The molecule has 0 amide bonds. The van der Waals surface area contributed by atoms with Gasteiger partial charge in [0.1, 0.15) is 5.75 Å². The van der Waals surface area contributed by atoms with Crippen LogP contribution in [-0.4, -0.2) is 23.3 Å². The van der Waals surface area contributed by atoms with Crippen molar-refractivity contribution in [2.24, 2.45) is 0 Å². The molecular weight excluding hydrogens is 278 g/mol. The molecule has 0 unspecified atom stereocenters. The fraction of sp³-hybridized carbons (Fsp3) is 0.429. The van der Waals surface area contributed by atoms with Crippen molar-refractivity contribution < 1.29 is 9.26 Å². The molecule has 0 atom stereocenters. The summed E-state index contributed by atoms with van der Waals surface area (Å²) in [5.74, 6) is 2.31. The van der Waals surface area contributed by atoms with Gasteiger partial charge in [0, 0.05) is 43.4 Å². The lowest BCUT2D eigenvalue weighted by molar-refractivity contribution is 0.352. The van der Waals surface area contributed by atoms with E-state index in [1.54, 1.807) is 6.92 Å². The number of nitrogens with one attached hydrogen (secondary N) is 1. The molecule has 5 nitrogen and oxygen atoms in total. The van der Waals surface area contributed by atoms with Crippen LogP contribution in [0.15, 0.2) is 16.7 Å². The first-order valence-electron chi connectivity index (χ1n) is 6.66. The Morgan fingerprint density at radius 1 is 1.40 bits per heavy atom. The highest BCUT2D eigenvalue weighted by molar-refractivity contribution is 6.30. The number of aromatic nitrogens is 2. The molecular formula is C14H16ClN3O2. The van der Waals surface area contributed by atoms with E-state index in [0.717, 1.165) is 54.7 Å². The highest BCUT2D eigenvalue weighted by Gasteiger charge is 2.17. The van der Waals surface area contributed by atoms with Crippen molar-refractivity contribution in [3.05, 3.63) is 40.0 Å². The van der Waals surface area contributed by atoms with Gasteiger partial charge in [0.05, 0.1) is 6.61 Å². The summed E-state index contributed by atoms with van der Waals surface area (Å²) in [4.78, 5) is 4.16. The predicted octanol–water partition coefficient (Wildman–Crippen LogP) is 2.30. The molecule has 1 aliphatic rings. The molecule has 1 aliphatic heterocycles. The van der Waals surface area contributed by atoms with Crippen LogP contribution in [0.3, 0.4) is 0 Å². The van der Waals surface area contributed by atoms with E-state index in [2.05, 4.69) is 15.5 Å². The summed E-state index contributed by atoms with van der Waals surface area (Å²) in [6.07, 6.45) is 1.67. The molecule has 6 heteroatoms. The molecule has 0 radical (unpaired) electrons. The van der Waals surface area contributed by atoms with E-state index >= 15 is 0 Å². The fourth-order valence-corrected chi connectivity index (χ4v) is 2.61. The maximum Gasteiger partial charge on any atom is 0.223 e. The molecule has 0 spiro atoms. The van der Waals surface area contributed by atoms with Crippen molar-refractivity contribution >= 4 is 11.6 Å². The third-order valence-corrected chi connectivity index (χ3v) is 3.45. The Hall–Kier alpha value is -1.59. The van der Waals surface area contributed by atoms with Crippen molar-refractivity contribution in [3.63, 3.8) is 0 Å². The lowest BCUT2D eigenvalue weighted by Gasteiger charge is -2.09. The molecule has 1 N–H and O–H groups in total. The zero-order valence-electron chi connectivity index (χ0n) is 11.3. The van der Waals surface area contributed by atoms with Gasteiger partial charge in [0.25, 0.3) is 0 Å². The molecule has 106 valence electrons. The summed E-state index contributed by atoms with van der Waals surface area (Å²) in [6, 6.07) is 3.94. The summed E-state index contributed by atoms with van der Waals surface area (Å²) >= 11 is 6.12. The zero-order chi connectivity index (χ0) is 13.9. The Labute approximate surface area is 122 Å². The van der Waals surface area contributed by atoms with Crippen LogP contribution in [0, 0.1) is 6.92 Å². The number of aryl methyl sites for hydroxylation is 1. The molecule has 0 aliphatic carbocycles. The van der Waals surface area contributed by atoms with Crippen LogP contribution >= 0.6 is 11.6 Å². The minimum absolute atomic E-state index is 0.598. The lowest BCUT2D eigenvalue weighted by Crippen LogP contribution is -2.17. The van der Waals surface area contributed by atoms with Crippen LogP contribution in [0.2, 0.25) is 5.02 Å². The quantitative estimate of drug-likeness (QED) is 0.857. The first-order valence-corrected chi connectivity index (χ1v) is 7.04. The normalized spacial score (nSPS) is 13.3. The number of ether oxygens (including phenoxy) is 1. The summed E-state index contributed by atoms with van der Waals surface area (Å²) in [6.45, 7) is 4.03. The number of rotatable bonds is 5. The van der Waals surface area contributed by atoms with Crippen LogP contribution in [0.4, 0.5) is 0 Å². The van der Waals surface area contributed by atoms with Gasteiger partial charge < -0.3 is 14.6 Å². The average Bonchev–Trinajstić information content (AvgIpc) is 3.03. The topological polar surface area (TPSA) is 60.2 Å². The first kappa shape index (κ1) is 13.4. The summed E-state index contributed by atoms with van der Waals surface area (Å²) in [5, 5.41) is 7.98. The van der Waals surface area contributed by atoms with E-state index in [9.17, 15) is 0 Å². The molecule has 1 aromatic carbocycles. The molecule has 2 heterocycles. The van der Waals surface area contributed by atoms with E-state index in [0.29, 0.717) is 5.89 Å². The maximum absolute atomic E-state index is 6.12. The van der Waals surface area contributed by atoms with Gasteiger partial charge in [-0.15, -0.1) is 0 Å². The number of hydrogen-bond donors (Lipinski definition) is 1. The number of benzene rings is 1. The van der Waals surface area contributed by atoms with E-state index in [-0.39, 0.29) is 0 Å². The highest BCUT2D eigenvalue weighted by atomic mass is 35.5. The highest BCUT2D eigenvalue weighted by Crippen LogP contribution is 2.32. The molecule has 3 rings (SSSR count). The largest absolute Gasteiger partial charge is 0.493 e. The van der Waals surface area contributed by atoms with Crippen LogP contribution in [-0.2, 0) is 19.4 Å². The molecule has 1 aromatic heterocycles. The second-order valence-corrected chi connectivity index (χ2v) is 5.24. The van der Waals surface area contributed by atoms with E-state index in [4.69, 9.17) is 20.9 Å². The van der Waals surface area contributed by atoms with Crippen molar-refractivity contribution in [1.29, 1.82) is 0 Å². The maximum atomic E-state index is 6.12. The summed E-state index contributed by atoms with van der Waals surface area (Å²) in [7, 11) is 0. The average molecular weight is 294 g/mol. The van der Waals surface area contributed by atoms with Crippen molar-refractivity contribution in [2.45, 2.75) is 26.3 Å². The number of nitrogens with zero attached hydrogens (tertiary/aromatic N) is 2. The van der Waals surface area contributed by atoms with Crippen molar-refractivity contribution in [2.75, 3.05) is 13.2 Å². The molecule has 0 saturated heterocycles. The van der Waals surface area contributed by atoms with Gasteiger partial charge in [-0.05, 0) is 17.7 Å². The van der Waals surface area contributed by atoms with E-state index < -0.39 is 0 Å². The smallest absolute Gasteiger partial charge is 0.223 e. The standard InChI is InChI=1S/C14H16ClN3O2/c1-9-17-13(18-20-9)2-4-16-8-11-7-12(15)6-10-3-5-19-14(10)11/h6-7,16H,2-5,8H2,1H3. The van der Waals surface area contributed by atoms with Gasteiger partial charge in [0.2, 0.25) is 5.89 Å². The van der Waals surface area contributed by atoms with Gasteiger partial charge >= 0.3 is 0 Å². The third-order valence-electron chi connectivity index (χ3n) is 3.24. The second kappa shape index (κ2) is 5.81. The lowest BCUT2D eigenvalue weighted by atomic mass is 10.1. The van der Waals surface area contributed by atoms with Gasteiger partial charge in [-0.3, -0.25) is 0 Å². The number of hydrogen-bond acceptors (Lipinski definition) is 5. The Morgan fingerprint density at radius 2 is 2.30 bits per heavy atom. The predicted molar refractivity (Wildman–Crippen MR) is 75.1 cm³/mol. The fourth-order valence-electron chi connectivity index (χ4n) is 2.34. The van der Waals surface area contributed by atoms with Crippen LogP contribution < -0.4 is 10.1 Å². The Balaban J connectivity index is 1.56. The second-order valence-electron chi connectivity index (χ2n) is 4.81. The van der Waals surface area contributed by atoms with Gasteiger partial charge in [-0.1, -0.05) is 16.8 Å². The van der Waals surface area contributed by atoms with Gasteiger partial charge in [0.15, 0.2) is 5.82 Å². The minimum atomic E-state index is 0.598. The molecule has 0 saturated carbocycles. The molecule has 2 aromatic rings. The summed E-state index contributed by atoms with van der Waals surface area (Å²) < 4.78 is 10.6. The zero-order valence-corrected chi connectivity index (χ0v) is 12.0. The molecule has 0 fully saturated rings. The molecule has 0 bridgehead atoms. The Bertz CT molecular complexity index is 612. The molecule has 20 heavy (non-hydrogen) atoms.